The van der Waals surface area contributed by atoms with Gasteiger partial charge in [-0.25, -0.2) is 9.48 Å². The number of aromatic carboxylic acids is 1. The van der Waals surface area contributed by atoms with E-state index in [1.807, 2.05) is 42.6 Å². The minimum absolute atomic E-state index is 0.0127. The van der Waals surface area contributed by atoms with Crippen LogP contribution in [0.4, 0.5) is 0 Å². The number of benzene rings is 1. The first-order chi connectivity index (χ1) is 15.0. The number of H-pyrrole nitrogens is 1. The number of rotatable bonds is 6. The maximum atomic E-state index is 12.4. The fourth-order valence-electron chi connectivity index (χ4n) is 3.15. The highest BCUT2D eigenvalue weighted by Crippen LogP contribution is 2.21. The number of hydrogen-bond donors (Lipinski definition) is 3. The maximum Gasteiger partial charge on any atom is 0.338 e. The van der Waals surface area contributed by atoms with Gasteiger partial charge < -0.3 is 15.4 Å². The lowest BCUT2D eigenvalue weighted by Gasteiger charge is -2.16. The molecule has 0 saturated carbocycles. The van der Waals surface area contributed by atoms with Gasteiger partial charge in [-0.05, 0) is 12.0 Å². The number of nitrogens with zero attached hydrogens (tertiary/aromatic N) is 3. The zero-order valence-corrected chi connectivity index (χ0v) is 16.4. The summed E-state index contributed by atoms with van der Waals surface area (Å²) in [5.74, 6) is -1.33. The molecule has 1 aliphatic rings. The number of allylic oxidation sites excluding steroid dienone is 1. The molecule has 1 unspecified atom stereocenters. The molecule has 0 saturated heterocycles. The molecule has 1 aliphatic heterocycles. The number of nitrogens with one attached hydrogen (secondary N) is 2. The van der Waals surface area contributed by atoms with Crippen LogP contribution >= 0.6 is 0 Å². The highest BCUT2D eigenvalue weighted by atomic mass is 16.4. The fraction of sp³-hybridized carbons (Fsp3) is 0.136. The van der Waals surface area contributed by atoms with Crippen LogP contribution in [0.5, 0.6) is 0 Å². The molecule has 1 aromatic carbocycles. The molecular formula is C22H19N5O4. The van der Waals surface area contributed by atoms with Gasteiger partial charge in [-0.15, -0.1) is 0 Å². The van der Waals surface area contributed by atoms with Gasteiger partial charge in [0.05, 0.1) is 17.5 Å². The number of carboxylic acid groups (broad SMARTS) is 1. The Bertz CT molecular complexity index is 1240. The lowest BCUT2D eigenvalue weighted by Crippen LogP contribution is -2.33. The smallest absolute Gasteiger partial charge is 0.338 e. The van der Waals surface area contributed by atoms with Gasteiger partial charge in [-0.2, -0.15) is 5.10 Å². The lowest BCUT2D eigenvalue weighted by atomic mass is 10.0. The molecule has 3 N–H and O–H groups in total. The molecule has 0 aliphatic carbocycles. The van der Waals surface area contributed by atoms with Gasteiger partial charge in [0.1, 0.15) is 11.4 Å². The number of carbonyl (C=O) groups excluding carboxylic acids is 1. The molecule has 0 spiro atoms. The SMILES string of the molecule is O=C(O)c1cnn(-c2cc(=O)c(C(=O)NCC3C=NC(c4ccccc4)=CC3)c[nH]2)c1. The van der Waals surface area contributed by atoms with Gasteiger partial charge in [-0.3, -0.25) is 14.6 Å². The van der Waals surface area contributed by atoms with Crippen molar-refractivity contribution in [2.45, 2.75) is 6.42 Å². The third kappa shape index (κ3) is 4.50. The Hall–Kier alpha value is -4.27. The number of carbonyl (C=O) groups is 2. The van der Waals surface area contributed by atoms with Crippen LogP contribution in [0, 0.1) is 5.92 Å². The van der Waals surface area contributed by atoms with E-state index in [0.717, 1.165) is 17.7 Å². The molecule has 9 heteroatoms. The average Bonchev–Trinajstić information content (AvgIpc) is 3.29. The summed E-state index contributed by atoms with van der Waals surface area (Å²) in [6, 6.07) is 11.0. The van der Waals surface area contributed by atoms with E-state index >= 15 is 0 Å². The van der Waals surface area contributed by atoms with Crippen molar-refractivity contribution in [3.63, 3.8) is 0 Å². The van der Waals surface area contributed by atoms with E-state index in [1.54, 1.807) is 0 Å². The molecule has 156 valence electrons. The van der Waals surface area contributed by atoms with Gasteiger partial charge >= 0.3 is 5.97 Å². The minimum atomic E-state index is -1.12. The molecule has 31 heavy (non-hydrogen) atoms. The van der Waals surface area contributed by atoms with E-state index in [2.05, 4.69) is 20.4 Å². The standard InChI is InChI=1S/C22H19N5O4/c28-19-8-20(27-13-16(11-26-27)22(30)31)24-12-17(19)21(29)25-10-14-6-7-18(23-9-14)15-4-2-1-3-5-15/h1-5,7-9,11-14H,6,10H2,(H,24,28)(H,25,29)(H,30,31). The third-order valence-electron chi connectivity index (χ3n) is 4.85. The average molecular weight is 417 g/mol. The van der Waals surface area contributed by atoms with Gasteiger partial charge in [0.15, 0.2) is 5.43 Å². The Morgan fingerprint density at radius 2 is 2.06 bits per heavy atom. The van der Waals surface area contributed by atoms with E-state index in [0.29, 0.717) is 6.54 Å². The van der Waals surface area contributed by atoms with E-state index in [1.165, 1.54) is 29.3 Å². The van der Waals surface area contributed by atoms with Crippen molar-refractivity contribution in [1.29, 1.82) is 0 Å². The molecule has 2 aromatic heterocycles. The van der Waals surface area contributed by atoms with Crippen LogP contribution < -0.4 is 10.7 Å². The molecule has 0 radical (unpaired) electrons. The van der Waals surface area contributed by atoms with Crippen molar-refractivity contribution >= 4 is 23.8 Å². The second-order valence-electron chi connectivity index (χ2n) is 7.01. The predicted octanol–water partition coefficient (Wildman–Crippen LogP) is 2.12. The Labute approximate surface area is 176 Å². The second kappa shape index (κ2) is 8.62. The first kappa shape index (κ1) is 20.0. The molecule has 9 nitrogen and oxygen atoms in total. The van der Waals surface area contributed by atoms with Crippen LogP contribution in [0.3, 0.4) is 0 Å². The number of aromatic nitrogens is 3. The Morgan fingerprint density at radius 3 is 2.71 bits per heavy atom. The quantitative estimate of drug-likeness (QED) is 0.566. The molecule has 0 bridgehead atoms. The van der Waals surface area contributed by atoms with Crippen LogP contribution in [-0.2, 0) is 0 Å². The van der Waals surface area contributed by atoms with E-state index in [9.17, 15) is 14.4 Å². The largest absolute Gasteiger partial charge is 0.478 e. The topological polar surface area (TPSA) is 129 Å². The Kier molecular flexibility index (Phi) is 5.57. The van der Waals surface area contributed by atoms with Gasteiger partial charge in [0, 0.05) is 37.1 Å². The number of aliphatic imine (C=N–C) groups is 1. The zero-order chi connectivity index (χ0) is 21.8. The predicted molar refractivity (Wildman–Crippen MR) is 114 cm³/mol. The van der Waals surface area contributed by atoms with Crippen molar-refractivity contribution in [2.24, 2.45) is 10.9 Å². The van der Waals surface area contributed by atoms with Crippen LogP contribution in [0.1, 0.15) is 32.7 Å². The normalized spacial score (nSPS) is 15.4. The number of amides is 1. The summed E-state index contributed by atoms with van der Waals surface area (Å²) in [6.07, 6.45) is 8.31. The zero-order valence-electron chi connectivity index (χ0n) is 16.4. The molecule has 1 atom stereocenters. The van der Waals surface area contributed by atoms with Crippen LogP contribution in [-0.4, -0.2) is 44.5 Å². The van der Waals surface area contributed by atoms with Gasteiger partial charge in [0.25, 0.3) is 5.91 Å². The van der Waals surface area contributed by atoms with Crippen molar-refractivity contribution in [3.8, 4) is 5.82 Å². The lowest BCUT2D eigenvalue weighted by molar-refractivity contribution is 0.0696. The van der Waals surface area contributed by atoms with Gasteiger partial charge in [0.2, 0.25) is 0 Å². The summed E-state index contributed by atoms with van der Waals surface area (Å²) in [4.78, 5) is 43.0. The van der Waals surface area contributed by atoms with Crippen LogP contribution in [0.15, 0.2) is 70.9 Å². The summed E-state index contributed by atoms with van der Waals surface area (Å²) < 4.78 is 1.22. The Morgan fingerprint density at radius 1 is 1.26 bits per heavy atom. The van der Waals surface area contributed by atoms with Crippen molar-refractivity contribution in [1.82, 2.24) is 20.1 Å². The minimum Gasteiger partial charge on any atom is -0.478 e. The number of carboxylic acids is 1. The Balaban J connectivity index is 1.37. The fourth-order valence-corrected chi connectivity index (χ4v) is 3.15. The summed E-state index contributed by atoms with van der Waals surface area (Å²) in [5, 5.41) is 15.6. The monoisotopic (exact) mass is 417 g/mol. The molecule has 4 rings (SSSR count). The van der Waals surface area contributed by atoms with Gasteiger partial charge in [-0.1, -0.05) is 36.4 Å². The molecular weight excluding hydrogens is 398 g/mol. The van der Waals surface area contributed by atoms with E-state index < -0.39 is 17.3 Å². The summed E-state index contributed by atoms with van der Waals surface area (Å²) in [6.45, 7) is 0.350. The summed E-state index contributed by atoms with van der Waals surface area (Å²) in [5.41, 5.74) is 1.39. The van der Waals surface area contributed by atoms with E-state index in [-0.39, 0.29) is 22.9 Å². The van der Waals surface area contributed by atoms with Crippen molar-refractivity contribution < 1.29 is 14.7 Å². The number of hydrogen-bond acceptors (Lipinski definition) is 5. The molecule has 0 fully saturated rings. The number of aromatic amines is 1. The first-order valence-electron chi connectivity index (χ1n) is 9.60. The van der Waals surface area contributed by atoms with Crippen LogP contribution in [0.25, 0.3) is 11.5 Å². The van der Waals surface area contributed by atoms with Crippen molar-refractivity contribution in [2.75, 3.05) is 6.54 Å². The summed E-state index contributed by atoms with van der Waals surface area (Å²) >= 11 is 0. The highest BCUT2D eigenvalue weighted by Gasteiger charge is 2.16. The number of pyridine rings is 1. The van der Waals surface area contributed by atoms with E-state index in [4.69, 9.17) is 5.11 Å². The maximum absolute atomic E-state index is 12.4. The highest BCUT2D eigenvalue weighted by molar-refractivity contribution is 5.94. The third-order valence-corrected chi connectivity index (χ3v) is 4.85. The molecule has 3 heterocycles. The molecule has 3 aromatic rings. The van der Waals surface area contributed by atoms with Crippen molar-refractivity contribution in [3.05, 3.63) is 88.0 Å². The molecule has 1 amide bonds. The van der Waals surface area contributed by atoms with Crippen LogP contribution in [0.2, 0.25) is 0 Å². The first-order valence-corrected chi connectivity index (χ1v) is 9.60. The summed E-state index contributed by atoms with van der Waals surface area (Å²) in [7, 11) is 0. The second-order valence-corrected chi connectivity index (χ2v) is 7.01.